The first-order valence-corrected chi connectivity index (χ1v) is 16.3. The highest BCUT2D eigenvalue weighted by molar-refractivity contribution is 7.87. The summed E-state index contributed by atoms with van der Waals surface area (Å²) in [4.78, 5) is 16.0. The Kier molecular flexibility index (Phi) is 7.55. The predicted octanol–water partition coefficient (Wildman–Crippen LogP) is 8.41. The molecule has 3 heterocycles. The van der Waals surface area contributed by atoms with E-state index in [1.54, 1.807) is 23.7 Å². The third-order valence-electron chi connectivity index (χ3n) is 7.85. The van der Waals surface area contributed by atoms with Gasteiger partial charge in [0.15, 0.2) is 5.82 Å². The van der Waals surface area contributed by atoms with Crippen molar-refractivity contribution in [3.8, 4) is 17.3 Å². The van der Waals surface area contributed by atoms with Gasteiger partial charge in [-0.15, -0.1) is 11.3 Å². The van der Waals surface area contributed by atoms with E-state index in [0.29, 0.717) is 5.82 Å². The van der Waals surface area contributed by atoms with Gasteiger partial charge in [0.1, 0.15) is 9.73 Å². The lowest BCUT2D eigenvalue weighted by Gasteiger charge is -2.29. The van der Waals surface area contributed by atoms with Crippen LogP contribution >= 0.6 is 11.3 Å². The molecule has 1 aliphatic carbocycles. The van der Waals surface area contributed by atoms with E-state index in [9.17, 15) is 8.42 Å². The van der Waals surface area contributed by atoms with Gasteiger partial charge in [0, 0.05) is 22.8 Å². The Balaban J connectivity index is 1.74. The van der Waals surface area contributed by atoms with E-state index >= 15 is 0 Å². The monoisotopic (exact) mass is 577 g/mol. The van der Waals surface area contributed by atoms with Gasteiger partial charge in [-0.3, -0.25) is 4.98 Å². The van der Waals surface area contributed by atoms with Crippen molar-refractivity contribution < 1.29 is 12.6 Å². The first kappa shape index (κ1) is 28.7. The number of benzene rings is 1. The van der Waals surface area contributed by atoms with Crippen molar-refractivity contribution >= 4 is 31.7 Å². The third-order valence-corrected chi connectivity index (χ3v) is 10.3. The summed E-state index contributed by atoms with van der Waals surface area (Å²) in [5.74, 6) is 0.823. The van der Waals surface area contributed by atoms with Gasteiger partial charge in [-0.2, -0.15) is 13.4 Å². The molecule has 5 rings (SSSR count). The maximum atomic E-state index is 14.3. The Morgan fingerprint density at radius 1 is 0.925 bits per heavy atom. The Hall–Kier alpha value is -2.84. The average molecular weight is 578 g/mol. The van der Waals surface area contributed by atoms with Crippen LogP contribution in [-0.4, -0.2) is 23.4 Å². The van der Waals surface area contributed by atoms with Gasteiger partial charge in [-0.05, 0) is 76.8 Å². The maximum Gasteiger partial charge on any atom is 0.341 e. The van der Waals surface area contributed by atoms with Gasteiger partial charge in [0.05, 0.1) is 5.39 Å². The zero-order chi connectivity index (χ0) is 29.0. The molecule has 6 nitrogen and oxygen atoms in total. The summed E-state index contributed by atoms with van der Waals surface area (Å²) in [5.41, 5.74) is 4.75. The summed E-state index contributed by atoms with van der Waals surface area (Å²) in [7, 11) is -4.22. The molecule has 4 aromatic rings. The number of hydrogen-bond acceptors (Lipinski definition) is 7. The lowest BCUT2D eigenvalue weighted by molar-refractivity contribution is 0.319. The number of fused-ring (bicyclic) bond motifs is 3. The lowest BCUT2D eigenvalue weighted by Crippen LogP contribution is -2.21. The number of thiophene rings is 1. The zero-order valence-corrected chi connectivity index (χ0v) is 26.3. The SMILES string of the molecule is CC(C)c1cc(C(C)C)c(S(=O)(=O)Oc2nc(-c3ccncc3)nc3sc4c(c23)CCC(C)(C)C4)c(C(C)C)c1. The summed E-state index contributed by atoms with van der Waals surface area (Å²) in [6.45, 7) is 16.9. The average Bonchev–Trinajstić information content (AvgIpc) is 3.24. The predicted molar refractivity (Wildman–Crippen MR) is 163 cm³/mol. The molecule has 40 heavy (non-hydrogen) atoms. The fourth-order valence-corrected chi connectivity index (χ4v) is 8.52. The number of rotatable bonds is 7. The molecule has 1 aliphatic rings. The van der Waals surface area contributed by atoms with E-state index in [1.165, 1.54) is 4.88 Å². The second-order valence-electron chi connectivity index (χ2n) is 12.6. The molecule has 0 fully saturated rings. The molecule has 0 bridgehead atoms. The number of hydrogen-bond donors (Lipinski definition) is 0. The fraction of sp³-hybridized carbons (Fsp3) is 0.469. The minimum Gasteiger partial charge on any atom is -0.357 e. The summed E-state index contributed by atoms with van der Waals surface area (Å²) >= 11 is 1.63. The van der Waals surface area contributed by atoms with E-state index in [0.717, 1.165) is 57.3 Å². The molecule has 0 spiro atoms. The van der Waals surface area contributed by atoms with E-state index in [-0.39, 0.29) is 33.9 Å². The molecule has 212 valence electrons. The van der Waals surface area contributed by atoms with Crippen LogP contribution in [0.4, 0.5) is 0 Å². The van der Waals surface area contributed by atoms with Gasteiger partial charge in [0.2, 0.25) is 5.88 Å². The molecule has 0 atom stereocenters. The van der Waals surface area contributed by atoms with E-state index in [2.05, 4.69) is 32.7 Å². The molecule has 0 N–H and O–H groups in total. The molecular weight excluding hydrogens is 539 g/mol. The number of pyridine rings is 1. The van der Waals surface area contributed by atoms with E-state index < -0.39 is 10.1 Å². The highest BCUT2D eigenvalue weighted by Crippen LogP contribution is 2.46. The van der Waals surface area contributed by atoms with Crippen LogP contribution in [0.3, 0.4) is 0 Å². The molecule has 0 aliphatic heterocycles. The number of aryl methyl sites for hydroxylation is 1. The third kappa shape index (κ3) is 5.40. The van der Waals surface area contributed by atoms with Gasteiger partial charge < -0.3 is 4.18 Å². The number of nitrogens with zero attached hydrogens (tertiary/aromatic N) is 3. The van der Waals surface area contributed by atoms with Gasteiger partial charge >= 0.3 is 10.1 Å². The molecule has 0 saturated carbocycles. The molecule has 0 unspecified atom stereocenters. The van der Waals surface area contributed by atoms with Crippen LogP contribution in [0.1, 0.15) is 107 Å². The highest BCUT2D eigenvalue weighted by atomic mass is 32.2. The summed E-state index contributed by atoms with van der Waals surface area (Å²) < 4.78 is 34.8. The Bertz CT molecular complexity index is 1640. The van der Waals surface area contributed by atoms with Crippen molar-refractivity contribution in [1.29, 1.82) is 0 Å². The first-order valence-electron chi connectivity index (χ1n) is 14.1. The quantitative estimate of drug-likeness (QED) is 0.205. The second kappa shape index (κ2) is 10.5. The molecular formula is C32H39N3O3S2. The van der Waals surface area contributed by atoms with Crippen molar-refractivity contribution in [2.75, 3.05) is 0 Å². The molecule has 0 radical (unpaired) electrons. The van der Waals surface area contributed by atoms with Crippen LogP contribution in [0.25, 0.3) is 21.6 Å². The van der Waals surface area contributed by atoms with Gasteiger partial charge in [0.25, 0.3) is 0 Å². The minimum absolute atomic E-state index is 0.00138. The lowest BCUT2D eigenvalue weighted by atomic mass is 9.77. The van der Waals surface area contributed by atoms with E-state index in [4.69, 9.17) is 14.2 Å². The Morgan fingerprint density at radius 3 is 2.12 bits per heavy atom. The van der Waals surface area contributed by atoms with Crippen LogP contribution in [0.2, 0.25) is 0 Å². The smallest absolute Gasteiger partial charge is 0.341 e. The van der Waals surface area contributed by atoms with Crippen LogP contribution in [0, 0.1) is 5.41 Å². The minimum atomic E-state index is -4.22. The fourth-order valence-electron chi connectivity index (χ4n) is 5.48. The van der Waals surface area contributed by atoms with Crippen molar-refractivity contribution in [2.45, 2.75) is 97.3 Å². The number of aromatic nitrogens is 3. The van der Waals surface area contributed by atoms with Crippen molar-refractivity contribution in [1.82, 2.24) is 15.0 Å². The van der Waals surface area contributed by atoms with Crippen molar-refractivity contribution in [2.24, 2.45) is 5.41 Å². The van der Waals surface area contributed by atoms with Gasteiger partial charge in [-0.1, -0.05) is 67.5 Å². The van der Waals surface area contributed by atoms with Crippen LogP contribution < -0.4 is 4.18 Å². The molecule has 1 aromatic carbocycles. The maximum absolute atomic E-state index is 14.3. The Morgan fingerprint density at radius 2 is 1.55 bits per heavy atom. The topological polar surface area (TPSA) is 82.0 Å². The normalized spacial score (nSPS) is 15.3. The van der Waals surface area contributed by atoms with E-state index in [1.807, 2.05) is 52.0 Å². The highest BCUT2D eigenvalue weighted by Gasteiger charge is 2.34. The Labute approximate surface area is 242 Å². The zero-order valence-electron chi connectivity index (χ0n) is 24.7. The summed E-state index contributed by atoms with van der Waals surface area (Å²) in [6, 6.07) is 7.72. The molecule has 0 amide bonds. The summed E-state index contributed by atoms with van der Waals surface area (Å²) in [6.07, 6.45) is 6.14. The first-order chi connectivity index (χ1) is 18.8. The molecule has 8 heteroatoms. The van der Waals surface area contributed by atoms with Crippen molar-refractivity contribution in [3.63, 3.8) is 0 Å². The second-order valence-corrected chi connectivity index (χ2v) is 15.2. The van der Waals surface area contributed by atoms with Crippen LogP contribution in [-0.2, 0) is 23.0 Å². The van der Waals surface area contributed by atoms with Crippen molar-refractivity contribution in [3.05, 3.63) is 63.8 Å². The van der Waals surface area contributed by atoms with Crippen LogP contribution in [0.15, 0.2) is 41.6 Å². The largest absolute Gasteiger partial charge is 0.357 e. The summed E-state index contributed by atoms with van der Waals surface area (Å²) in [5, 5.41) is 0.730. The standard InChI is InChI=1S/C32H39N3O3S2/c1-18(2)22-15-24(19(3)4)28(25(16-22)20(5)6)40(36,37)38-30-27-23-9-12-32(7,8)17-26(23)39-31(27)35-29(34-30)21-10-13-33-14-11-21/h10-11,13-16,18-20H,9,12,17H2,1-8H3. The van der Waals surface area contributed by atoms with Gasteiger partial charge in [-0.25, -0.2) is 4.98 Å². The van der Waals surface area contributed by atoms with Crippen LogP contribution in [0.5, 0.6) is 5.88 Å². The molecule has 3 aromatic heterocycles. The molecule has 0 saturated heterocycles.